The first-order chi connectivity index (χ1) is 19.7. The maximum atomic E-state index is 14.1. The number of benzene rings is 2. The molecule has 0 spiro atoms. The third kappa shape index (κ3) is 5.82. The van der Waals surface area contributed by atoms with E-state index >= 15 is 0 Å². The number of fused-ring (bicyclic) bond motifs is 1. The third-order valence-corrected chi connectivity index (χ3v) is 8.12. The van der Waals surface area contributed by atoms with Gasteiger partial charge in [-0.25, -0.2) is 9.79 Å². The number of hydrogen-bond acceptors (Lipinski definition) is 9. The highest BCUT2D eigenvalue weighted by molar-refractivity contribution is 9.10. The van der Waals surface area contributed by atoms with Crippen molar-refractivity contribution in [2.45, 2.75) is 33.2 Å². The number of phenols is 1. The highest BCUT2D eigenvalue weighted by atomic mass is 79.9. The SMILES string of the molecule is C=CCc1cc(/C=c2/sc3n(c2=O)[C@@H](c2cc(OC)c(OC)cc2Br)C(C(=O)OCC)=C(C)N=3)cc(OCC)c1O. The van der Waals surface area contributed by atoms with Crippen LogP contribution in [0.15, 0.2) is 62.5 Å². The predicted octanol–water partition coefficient (Wildman–Crippen LogP) is 4.41. The molecule has 4 rings (SSSR count). The standard InChI is InChI=1S/C30H31BrN2O7S/c1-7-10-18-11-17(12-23(27(18)34)39-8-2)13-24-28(35)33-26(19-14-21(37-5)22(38-6)15-20(19)31)25(29(36)40-9-3)16(4)32-30(33)41-24/h7,11-15,26,34H,1,8-10H2,2-6H3/b24-13+/t26-/m0/s1. The second kappa shape index (κ2) is 12.8. The van der Waals surface area contributed by atoms with Crippen molar-refractivity contribution < 1.29 is 28.8 Å². The van der Waals surface area contributed by atoms with E-state index in [0.29, 0.717) is 66.5 Å². The molecule has 0 saturated carbocycles. The summed E-state index contributed by atoms with van der Waals surface area (Å²) in [6.07, 6.45) is 3.83. The Hall–Kier alpha value is -3.83. The highest BCUT2D eigenvalue weighted by Gasteiger charge is 2.35. The summed E-state index contributed by atoms with van der Waals surface area (Å²) in [5.74, 6) is 0.718. The molecule has 1 aliphatic rings. The van der Waals surface area contributed by atoms with Crippen LogP contribution in [0.3, 0.4) is 0 Å². The minimum atomic E-state index is -0.850. The van der Waals surface area contributed by atoms with Gasteiger partial charge in [-0.15, -0.1) is 6.58 Å². The molecule has 1 atom stereocenters. The third-order valence-electron chi connectivity index (χ3n) is 6.45. The number of halogens is 1. The van der Waals surface area contributed by atoms with Gasteiger partial charge >= 0.3 is 5.97 Å². The number of thiazole rings is 1. The van der Waals surface area contributed by atoms with Crippen LogP contribution in [0.4, 0.5) is 0 Å². The van der Waals surface area contributed by atoms with E-state index in [0.717, 1.165) is 0 Å². The van der Waals surface area contributed by atoms with Crippen molar-refractivity contribution in [3.05, 3.63) is 89.0 Å². The van der Waals surface area contributed by atoms with Crippen molar-refractivity contribution in [2.24, 2.45) is 4.99 Å². The molecular formula is C30H31BrN2O7S. The molecule has 0 bridgehead atoms. The number of ether oxygens (including phenoxy) is 4. The number of esters is 1. The summed E-state index contributed by atoms with van der Waals surface area (Å²) < 4.78 is 24.5. The molecule has 3 aromatic rings. The molecule has 0 radical (unpaired) electrons. The molecule has 0 fully saturated rings. The second-order valence-electron chi connectivity index (χ2n) is 8.98. The van der Waals surface area contributed by atoms with Crippen molar-refractivity contribution in [1.29, 1.82) is 0 Å². The van der Waals surface area contributed by atoms with Crippen molar-refractivity contribution in [3.63, 3.8) is 0 Å². The lowest BCUT2D eigenvalue weighted by Gasteiger charge is -2.26. The average Bonchev–Trinajstić information content (AvgIpc) is 3.24. The van der Waals surface area contributed by atoms with E-state index < -0.39 is 12.0 Å². The average molecular weight is 644 g/mol. The van der Waals surface area contributed by atoms with E-state index in [2.05, 4.69) is 27.5 Å². The number of aromatic nitrogens is 1. The van der Waals surface area contributed by atoms with Crippen LogP contribution >= 0.6 is 27.3 Å². The lowest BCUT2D eigenvalue weighted by Crippen LogP contribution is -2.40. The number of rotatable bonds is 10. The molecule has 11 heteroatoms. The summed E-state index contributed by atoms with van der Waals surface area (Å²) in [5, 5.41) is 10.6. The highest BCUT2D eigenvalue weighted by Crippen LogP contribution is 2.41. The summed E-state index contributed by atoms with van der Waals surface area (Å²) in [5.41, 5.74) is 2.24. The molecule has 2 heterocycles. The Labute approximate surface area is 249 Å². The van der Waals surface area contributed by atoms with Gasteiger partial charge < -0.3 is 24.1 Å². The Balaban J connectivity index is 2.00. The molecule has 216 valence electrons. The van der Waals surface area contributed by atoms with E-state index in [1.54, 1.807) is 50.3 Å². The van der Waals surface area contributed by atoms with Gasteiger partial charge in [-0.05, 0) is 68.7 Å². The van der Waals surface area contributed by atoms with Crippen molar-refractivity contribution in [1.82, 2.24) is 4.57 Å². The first-order valence-electron chi connectivity index (χ1n) is 12.9. The molecular weight excluding hydrogens is 612 g/mol. The molecule has 0 aliphatic carbocycles. The first kappa shape index (κ1) is 30.1. The normalized spacial score (nSPS) is 14.8. The molecule has 9 nitrogen and oxygen atoms in total. The molecule has 1 aliphatic heterocycles. The Morgan fingerprint density at radius 3 is 2.49 bits per heavy atom. The van der Waals surface area contributed by atoms with E-state index in [4.69, 9.17) is 18.9 Å². The maximum Gasteiger partial charge on any atom is 0.338 e. The maximum absolute atomic E-state index is 14.1. The zero-order chi connectivity index (χ0) is 29.8. The van der Waals surface area contributed by atoms with E-state index in [-0.39, 0.29) is 23.5 Å². The number of hydrogen-bond donors (Lipinski definition) is 1. The Bertz CT molecular complexity index is 1720. The number of phenolic OH excluding ortho intramolecular Hbond substituents is 1. The van der Waals surface area contributed by atoms with Gasteiger partial charge in [-0.1, -0.05) is 33.3 Å². The lowest BCUT2D eigenvalue weighted by molar-refractivity contribution is -0.139. The first-order valence-corrected chi connectivity index (χ1v) is 14.5. The number of carbonyl (C=O) groups excluding carboxylic acids is 1. The number of aromatic hydroxyl groups is 1. The zero-order valence-corrected chi connectivity index (χ0v) is 25.8. The second-order valence-corrected chi connectivity index (χ2v) is 10.8. The number of methoxy groups -OCH3 is 2. The minimum Gasteiger partial charge on any atom is -0.504 e. The van der Waals surface area contributed by atoms with Crippen LogP contribution in [0.25, 0.3) is 6.08 Å². The largest absolute Gasteiger partial charge is 0.504 e. The van der Waals surface area contributed by atoms with Crippen LogP contribution in [0, 0.1) is 0 Å². The lowest BCUT2D eigenvalue weighted by atomic mass is 9.95. The quantitative estimate of drug-likeness (QED) is 0.258. The van der Waals surface area contributed by atoms with Crippen molar-refractivity contribution >= 4 is 39.3 Å². The summed E-state index contributed by atoms with van der Waals surface area (Å²) in [6, 6.07) is 6.08. The van der Waals surface area contributed by atoms with Crippen LogP contribution in [0.2, 0.25) is 0 Å². The number of nitrogens with zero attached hydrogens (tertiary/aromatic N) is 2. The molecule has 0 saturated heterocycles. The monoisotopic (exact) mass is 642 g/mol. The molecule has 0 amide bonds. The van der Waals surface area contributed by atoms with Crippen LogP contribution in [0.5, 0.6) is 23.0 Å². The van der Waals surface area contributed by atoms with Gasteiger partial charge in [0.2, 0.25) is 0 Å². The van der Waals surface area contributed by atoms with E-state index in [1.165, 1.54) is 30.1 Å². The molecule has 1 aromatic heterocycles. The predicted molar refractivity (Wildman–Crippen MR) is 161 cm³/mol. The van der Waals surface area contributed by atoms with Crippen LogP contribution < -0.4 is 29.1 Å². The number of allylic oxidation sites excluding steroid dienone is 2. The zero-order valence-electron chi connectivity index (χ0n) is 23.4. The van der Waals surface area contributed by atoms with Gasteiger partial charge in [0.25, 0.3) is 5.56 Å². The summed E-state index contributed by atoms with van der Waals surface area (Å²) in [6.45, 7) is 9.56. The molecule has 2 aromatic carbocycles. The van der Waals surface area contributed by atoms with Crippen molar-refractivity contribution in [3.8, 4) is 23.0 Å². The Morgan fingerprint density at radius 2 is 1.85 bits per heavy atom. The van der Waals surface area contributed by atoms with Crippen LogP contribution in [-0.4, -0.2) is 43.1 Å². The van der Waals surface area contributed by atoms with Gasteiger partial charge in [0.1, 0.15) is 0 Å². The topological polar surface area (TPSA) is 109 Å². The van der Waals surface area contributed by atoms with Gasteiger partial charge in [0, 0.05) is 10.0 Å². The van der Waals surface area contributed by atoms with Gasteiger partial charge in [-0.2, -0.15) is 0 Å². The van der Waals surface area contributed by atoms with Gasteiger partial charge in [-0.3, -0.25) is 9.36 Å². The Kier molecular flexibility index (Phi) is 9.39. The molecule has 41 heavy (non-hydrogen) atoms. The summed E-state index contributed by atoms with van der Waals surface area (Å²) in [7, 11) is 3.05. The smallest absolute Gasteiger partial charge is 0.338 e. The van der Waals surface area contributed by atoms with Gasteiger partial charge in [0.15, 0.2) is 27.8 Å². The Morgan fingerprint density at radius 1 is 1.15 bits per heavy atom. The fourth-order valence-corrected chi connectivity index (χ4v) is 6.25. The fraction of sp³-hybridized carbons (Fsp3) is 0.300. The minimum absolute atomic E-state index is 0.0402. The summed E-state index contributed by atoms with van der Waals surface area (Å²) >= 11 is 4.80. The molecule has 1 N–H and O–H groups in total. The van der Waals surface area contributed by atoms with Crippen molar-refractivity contribution in [2.75, 3.05) is 27.4 Å². The van der Waals surface area contributed by atoms with E-state index in [9.17, 15) is 14.7 Å². The van der Waals surface area contributed by atoms with Gasteiger partial charge in [0.05, 0.1) is 49.3 Å². The van der Waals surface area contributed by atoms with Crippen LogP contribution in [0.1, 0.15) is 43.5 Å². The molecule has 0 unspecified atom stereocenters. The summed E-state index contributed by atoms with van der Waals surface area (Å²) in [4.78, 5) is 32.4. The number of carbonyl (C=O) groups is 1. The fourth-order valence-electron chi connectivity index (χ4n) is 4.67. The van der Waals surface area contributed by atoms with Crippen LogP contribution in [-0.2, 0) is 16.0 Å². The van der Waals surface area contributed by atoms with E-state index in [1.807, 2.05) is 6.92 Å².